The highest BCUT2D eigenvalue weighted by atomic mass is 16.7. The molecule has 0 amide bonds. The maximum Gasteiger partial charge on any atom is 0.318 e. The molecule has 0 spiro atoms. The largest absolute Gasteiger partial charge is 0.483 e. The topological polar surface area (TPSA) is 71.1 Å². The Labute approximate surface area is 159 Å². The third-order valence-electron chi connectivity index (χ3n) is 7.19. The Balaban J connectivity index is 1.87. The first-order valence-electron chi connectivity index (χ1n) is 9.65. The van der Waals surface area contributed by atoms with Crippen molar-refractivity contribution in [1.82, 2.24) is 0 Å². The molecular weight excluding hydrogens is 348 g/mol. The van der Waals surface area contributed by atoms with Gasteiger partial charge >= 0.3 is 5.97 Å². The van der Waals surface area contributed by atoms with Crippen molar-refractivity contribution >= 4 is 11.8 Å². The fourth-order valence-electron chi connectivity index (χ4n) is 5.55. The van der Waals surface area contributed by atoms with Gasteiger partial charge in [0, 0.05) is 31.4 Å². The van der Waals surface area contributed by atoms with Crippen LogP contribution in [0.3, 0.4) is 0 Å². The molecule has 2 bridgehead atoms. The Morgan fingerprint density at radius 2 is 2.00 bits per heavy atom. The van der Waals surface area contributed by atoms with E-state index in [1.54, 1.807) is 20.1 Å². The van der Waals surface area contributed by atoms with Crippen LogP contribution in [0, 0.1) is 17.3 Å². The van der Waals surface area contributed by atoms with Gasteiger partial charge in [-0.15, -0.1) is 0 Å². The molecule has 4 heterocycles. The maximum absolute atomic E-state index is 13.1. The summed E-state index contributed by atoms with van der Waals surface area (Å²) in [5.41, 5.74) is -1.14. The average molecular weight is 376 g/mol. The number of hydrogen-bond acceptors (Lipinski definition) is 6. The van der Waals surface area contributed by atoms with Crippen LogP contribution in [0.4, 0.5) is 0 Å². The number of methoxy groups -OCH3 is 1. The Morgan fingerprint density at radius 1 is 1.30 bits per heavy atom. The van der Waals surface area contributed by atoms with E-state index in [2.05, 4.69) is 0 Å². The molecule has 4 aliphatic heterocycles. The van der Waals surface area contributed by atoms with Crippen LogP contribution in [-0.4, -0.2) is 42.5 Å². The van der Waals surface area contributed by atoms with E-state index in [0.717, 1.165) is 5.57 Å². The monoisotopic (exact) mass is 376 g/mol. The van der Waals surface area contributed by atoms with Crippen LogP contribution in [0.1, 0.15) is 47.5 Å². The van der Waals surface area contributed by atoms with Crippen molar-refractivity contribution in [1.29, 1.82) is 0 Å². The highest BCUT2D eigenvalue weighted by Crippen LogP contribution is 2.62. The molecule has 7 atom stereocenters. The number of hydrogen-bond donors (Lipinski definition) is 0. The highest BCUT2D eigenvalue weighted by Gasteiger charge is 2.75. The van der Waals surface area contributed by atoms with E-state index >= 15 is 0 Å². The predicted octanol–water partition coefficient (Wildman–Crippen LogP) is 2.91. The molecule has 0 unspecified atom stereocenters. The molecule has 3 saturated heterocycles. The summed E-state index contributed by atoms with van der Waals surface area (Å²) < 4.78 is 24.4. The molecule has 0 aliphatic carbocycles. The van der Waals surface area contributed by atoms with Crippen LogP contribution in [-0.2, 0) is 28.5 Å². The van der Waals surface area contributed by atoms with Crippen molar-refractivity contribution in [3.63, 3.8) is 0 Å². The second-order valence-corrected chi connectivity index (χ2v) is 8.71. The normalized spacial score (nSPS) is 49.0. The van der Waals surface area contributed by atoms with Crippen molar-refractivity contribution < 1.29 is 28.5 Å². The number of allylic oxidation sites excluding steroid dienone is 2. The SMILES string of the molecule is C/C=C(/C)[C@@]1(OC)O[C@H]2C[C@@]3(C)OC(=CC3=O)[C@@H](C)C[C@H]3OC(=O)[C@@]1(C)[C@@H]23. The van der Waals surface area contributed by atoms with Gasteiger partial charge in [-0.3, -0.25) is 9.59 Å². The van der Waals surface area contributed by atoms with Crippen molar-refractivity contribution in [2.45, 2.75) is 71.1 Å². The Bertz CT molecular complexity index is 769. The van der Waals surface area contributed by atoms with Gasteiger partial charge < -0.3 is 18.9 Å². The summed E-state index contributed by atoms with van der Waals surface area (Å²) in [5, 5.41) is 0. The van der Waals surface area contributed by atoms with Crippen molar-refractivity contribution in [2.24, 2.45) is 17.3 Å². The van der Waals surface area contributed by atoms with E-state index in [4.69, 9.17) is 18.9 Å². The van der Waals surface area contributed by atoms with Gasteiger partial charge in [-0.05, 0) is 39.7 Å². The molecule has 3 fully saturated rings. The molecule has 6 nitrogen and oxygen atoms in total. The third-order valence-corrected chi connectivity index (χ3v) is 7.19. The van der Waals surface area contributed by atoms with Crippen molar-refractivity contribution in [3.8, 4) is 0 Å². The van der Waals surface area contributed by atoms with E-state index in [1.165, 1.54) is 0 Å². The number of carbonyl (C=O) groups is 2. The summed E-state index contributed by atoms with van der Waals surface area (Å²) in [6, 6.07) is 0. The van der Waals surface area contributed by atoms with Gasteiger partial charge in [0.2, 0.25) is 11.6 Å². The van der Waals surface area contributed by atoms with Crippen molar-refractivity contribution in [3.05, 3.63) is 23.5 Å². The molecule has 0 N–H and O–H groups in total. The molecule has 0 saturated carbocycles. The first kappa shape index (κ1) is 18.7. The van der Waals surface area contributed by atoms with Gasteiger partial charge in [-0.2, -0.15) is 0 Å². The quantitative estimate of drug-likeness (QED) is 0.545. The van der Waals surface area contributed by atoms with Gasteiger partial charge in [0.15, 0.2) is 5.60 Å². The van der Waals surface area contributed by atoms with E-state index in [1.807, 2.05) is 33.8 Å². The standard InChI is InChI=1S/C21H28O6/c1-7-12(3)21(24-6)20(5)17-14(25-18(20)23)8-11(2)13-9-16(22)19(4,26-13)10-15(17)27-21/h7,9,11,14-15,17H,8,10H2,1-6H3/b12-7-/t11-,14+,15-,17+,19+,20+,21+/m0/s1. The first-order valence-corrected chi connectivity index (χ1v) is 9.65. The molecule has 4 aliphatic rings. The molecule has 0 aromatic rings. The van der Waals surface area contributed by atoms with Gasteiger partial charge in [0.25, 0.3) is 0 Å². The lowest BCUT2D eigenvalue weighted by Gasteiger charge is -2.38. The number of carbonyl (C=O) groups excluding carboxylic acids is 2. The van der Waals surface area contributed by atoms with Crippen molar-refractivity contribution in [2.75, 3.05) is 7.11 Å². The third kappa shape index (κ3) is 2.14. The van der Waals surface area contributed by atoms with Crippen LogP contribution in [0.2, 0.25) is 0 Å². The van der Waals surface area contributed by atoms with Gasteiger partial charge in [-0.1, -0.05) is 13.0 Å². The Kier molecular flexibility index (Phi) is 3.93. The molecule has 0 radical (unpaired) electrons. The van der Waals surface area contributed by atoms with E-state index in [-0.39, 0.29) is 29.7 Å². The molecule has 27 heavy (non-hydrogen) atoms. The summed E-state index contributed by atoms with van der Waals surface area (Å²) in [7, 11) is 1.56. The minimum atomic E-state index is -1.21. The number of esters is 1. The van der Waals surface area contributed by atoms with Crippen LogP contribution in [0.5, 0.6) is 0 Å². The molecule has 0 aromatic carbocycles. The molecule has 6 heteroatoms. The Hall–Kier alpha value is -1.66. The zero-order valence-electron chi connectivity index (χ0n) is 16.8. The van der Waals surface area contributed by atoms with E-state index in [0.29, 0.717) is 18.6 Å². The summed E-state index contributed by atoms with van der Waals surface area (Å²) in [6.45, 7) is 9.49. The average Bonchev–Trinajstić information content (AvgIpc) is 3.16. The summed E-state index contributed by atoms with van der Waals surface area (Å²) in [5.74, 6) is -1.11. The van der Waals surface area contributed by atoms with Crippen LogP contribution < -0.4 is 0 Å². The molecular formula is C21H28O6. The summed E-state index contributed by atoms with van der Waals surface area (Å²) in [6.07, 6.45) is 3.75. The second kappa shape index (κ2) is 5.67. The van der Waals surface area contributed by atoms with Crippen LogP contribution in [0.15, 0.2) is 23.5 Å². The smallest absolute Gasteiger partial charge is 0.318 e. The minimum Gasteiger partial charge on any atom is -0.483 e. The van der Waals surface area contributed by atoms with Gasteiger partial charge in [0.1, 0.15) is 17.3 Å². The van der Waals surface area contributed by atoms with Crippen LogP contribution >= 0.6 is 0 Å². The van der Waals surface area contributed by atoms with E-state index in [9.17, 15) is 9.59 Å². The fraction of sp³-hybridized carbons (Fsp3) is 0.714. The Morgan fingerprint density at radius 3 is 2.63 bits per heavy atom. The maximum atomic E-state index is 13.1. The minimum absolute atomic E-state index is 0.0185. The second-order valence-electron chi connectivity index (χ2n) is 8.71. The molecule has 0 aromatic heterocycles. The summed E-state index contributed by atoms with van der Waals surface area (Å²) in [4.78, 5) is 25.8. The highest BCUT2D eigenvalue weighted by molar-refractivity contribution is 5.99. The summed E-state index contributed by atoms with van der Waals surface area (Å²) >= 11 is 0. The van der Waals surface area contributed by atoms with Gasteiger partial charge in [-0.25, -0.2) is 0 Å². The fourth-order valence-corrected chi connectivity index (χ4v) is 5.55. The lowest BCUT2D eigenvalue weighted by Crippen LogP contribution is -2.51. The lowest BCUT2D eigenvalue weighted by molar-refractivity contribution is -0.234. The number of ketones is 1. The zero-order chi connectivity index (χ0) is 19.8. The molecule has 4 rings (SSSR count). The van der Waals surface area contributed by atoms with Gasteiger partial charge in [0.05, 0.1) is 6.10 Å². The van der Waals surface area contributed by atoms with E-state index < -0.39 is 22.9 Å². The number of ether oxygens (including phenoxy) is 4. The number of rotatable bonds is 2. The lowest BCUT2D eigenvalue weighted by atomic mass is 9.66. The predicted molar refractivity (Wildman–Crippen MR) is 96.5 cm³/mol. The first-order chi connectivity index (χ1) is 12.6. The zero-order valence-corrected chi connectivity index (χ0v) is 16.8. The molecule has 148 valence electrons. The number of fused-ring (bicyclic) bond motifs is 2. The van der Waals surface area contributed by atoms with Crippen LogP contribution in [0.25, 0.3) is 0 Å².